The molecule has 3 heteroatoms. The van der Waals surface area contributed by atoms with Crippen LogP contribution in [-0.4, -0.2) is 48.5 Å². The lowest BCUT2D eigenvalue weighted by atomic mass is 10.1. The fourth-order valence-corrected chi connectivity index (χ4v) is 3.35. The van der Waals surface area contributed by atoms with Gasteiger partial charge in [0.15, 0.2) is 6.20 Å². The van der Waals surface area contributed by atoms with Crippen molar-refractivity contribution in [2.45, 2.75) is 63.8 Å². The topological polar surface area (TPSA) is 12.0 Å². The maximum absolute atomic E-state index is 3.51. The molecule has 0 aromatic carbocycles. The molecule has 139 valence electrons. The summed E-state index contributed by atoms with van der Waals surface area (Å²) in [5.41, 5.74) is 1.33. The van der Waals surface area contributed by atoms with Crippen LogP contribution in [0.2, 0.25) is 6.04 Å². The molecule has 1 aliphatic carbocycles. The van der Waals surface area contributed by atoms with E-state index in [0.717, 1.165) is 17.1 Å². The second-order valence-corrected chi connectivity index (χ2v) is 8.22. The van der Waals surface area contributed by atoms with E-state index in [1.807, 2.05) is 0 Å². The third-order valence-corrected chi connectivity index (χ3v) is 5.02. The van der Waals surface area contributed by atoms with Crippen LogP contribution in [0.15, 0.2) is 36.1 Å². The van der Waals surface area contributed by atoms with Gasteiger partial charge in [-0.15, -0.1) is 0 Å². The Labute approximate surface area is 160 Å². The molecular formula is C22H39N2Si+2. The van der Waals surface area contributed by atoms with Gasteiger partial charge in [0.05, 0.1) is 20.6 Å². The van der Waals surface area contributed by atoms with Crippen LogP contribution in [0.3, 0.4) is 0 Å². The second-order valence-electron chi connectivity index (χ2n) is 7.72. The van der Waals surface area contributed by atoms with Crippen molar-refractivity contribution in [3.63, 3.8) is 0 Å². The van der Waals surface area contributed by atoms with Gasteiger partial charge in [-0.05, 0) is 38.8 Å². The maximum Gasteiger partial charge on any atom is 0.177 e. The molecule has 0 aromatic rings. The molecule has 0 aliphatic heterocycles. The van der Waals surface area contributed by atoms with E-state index < -0.39 is 0 Å². The summed E-state index contributed by atoms with van der Waals surface area (Å²) in [4.78, 5) is 0. The van der Waals surface area contributed by atoms with Crippen LogP contribution in [0.4, 0.5) is 0 Å². The van der Waals surface area contributed by atoms with Gasteiger partial charge in [-0.3, -0.25) is 4.48 Å². The first-order chi connectivity index (χ1) is 12.1. The number of allylic oxidation sites excluding steroid dienone is 5. The monoisotopic (exact) mass is 359 g/mol. The molecule has 1 aliphatic rings. The SMILES string of the molecule is C[N+](C)(C=C1C=CC=C[CH+]1)CCCCCCCCCCNCCC[Si]. The van der Waals surface area contributed by atoms with E-state index in [4.69, 9.17) is 0 Å². The highest BCUT2D eigenvalue weighted by molar-refractivity contribution is 6.08. The molecule has 0 aromatic heterocycles. The van der Waals surface area contributed by atoms with Crippen molar-refractivity contribution < 1.29 is 4.48 Å². The third kappa shape index (κ3) is 13.1. The Morgan fingerprint density at radius 1 is 0.920 bits per heavy atom. The molecule has 25 heavy (non-hydrogen) atoms. The van der Waals surface area contributed by atoms with Gasteiger partial charge in [0.1, 0.15) is 5.57 Å². The second kappa shape index (κ2) is 14.4. The van der Waals surface area contributed by atoms with Gasteiger partial charge < -0.3 is 5.32 Å². The van der Waals surface area contributed by atoms with Crippen LogP contribution in [0.25, 0.3) is 0 Å². The Hall–Kier alpha value is -0.773. The van der Waals surface area contributed by atoms with E-state index in [1.165, 1.54) is 76.5 Å². The van der Waals surface area contributed by atoms with Crippen LogP contribution in [0.5, 0.6) is 0 Å². The summed E-state index contributed by atoms with van der Waals surface area (Å²) in [6, 6.07) is 1.10. The highest BCUT2D eigenvalue weighted by atomic mass is 28.1. The van der Waals surface area contributed by atoms with Gasteiger partial charge in [-0.1, -0.05) is 38.1 Å². The summed E-state index contributed by atoms with van der Waals surface area (Å²) >= 11 is 0. The number of hydrogen-bond acceptors (Lipinski definition) is 1. The van der Waals surface area contributed by atoms with E-state index in [0.29, 0.717) is 0 Å². The first-order valence-electron chi connectivity index (χ1n) is 10.2. The third-order valence-electron chi connectivity index (χ3n) is 4.67. The molecule has 0 heterocycles. The molecule has 0 spiro atoms. The van der Waals surface area contributed by atoms with Crippen molar-refractivity contribution in [1.82, 2.24) is 5.32 Å². The molecule has 0 saturated carbocycles. The maximum atomic E-state index is 3.51. The van der Waals surface area contributed by atoms with Crippen molar-refractivity contribution >= 4 is 10.2 Å². The Morgan fingerprint density at radius 2 is 1.56 bits per heavy atom. The van der Waals surface area contributed by atoms with Crippen molar-refractivity contribution in [3.8, 4) is 0 Å². The standard InChI is InChI=1S/C22H39N2Si/c1-24(2,21-22-15-10-9-11-16-22)19-13-8-6-4-3-5-7-12-17-23-18-14-20-25/h9-11,15-16,21,23H,3-8,12-14,17-20H2,1-2H3/q+2. The summed E-state index contributed by atoms with van der Waals surface area (Å²) in [5, 5.41) is 3.50. The van der Waals surface area contributed by atoms with Crippen molar-refractivity contribution in [2.75, 3.05) is 33.7 Å². The summed E-state index contributed by atoms with van der Waals surface area (Å²) in [6.45, 7) is 3.58. The highest BCUT2D eigenvalue weighted by Gasteiger charge is 2.17. The normalized spacial score (nSPS) is 15.7. The van der Waals surface area contributed by atoms with E-state index in [2.05, 4.69) is 66.6 Å². The van der Waals surface area contributed by atoms with Gasteiger partial charge in [0.2, 0.25) is 0 Å². The Bertz CT molecular complexity index is 410. The van der Waals surface area contributed by atoms with E-state index in [9.17, 15) is 0 Å². The Balaban J connectivity index is 1.91. The first kappa shape index (κ1) is 22.3. The zero-order chi connectivity index (χ0) is 18.2. The van der Waals surface area contributed by atoms with Gasteiger partial charge in [0.25, 0.3) is 0 Å². The van der Waals surface area contributed by atoms with E-state index >= 15 is 0 Å². The molecule has 1 N–H and O–H groups in total. The van der Waals surface area contributed by atoms with Crippen molar-refractivity contribution in [2.24, 2.45) is 0 Å². The quantitative estimate of drug-likeness (QED) is 0.188. The molecule has 0 atom stereocenters. The molecule has 1 rings (SSSR count). The summed E-state index contributed by atoms with van der Waals surface area (Å²) in [6.07, 6.45) is 25.3. The fourth-order valence-electron chi connectivity index (χ4n) is 3.18. The largest absolute Gasteiger partial charge is 0.317 e. The lowest BCUT2D eigenvalue weighted by Crippen LogP contribution is -2.34. The molecule has 0 unspecified atom stereocenters. The number of quaternary nitrogens is 1. The molecular weight excluding hydrogens is 320 g/mol. The van der Waals surface area contributed by atoms with Crippen LogP contribution in [-0.2, 0) is 0 Å². The zero-order valence-corrected chi connectivity index (χ0v) is 17.6. The van der Waals surface area contributed by atoms with Gasteiger partial charge in [-0.2, -0.15) is 0 Å². The smallest absolute Gasteiger partial charge is 0.177 e. The highest BCUT2D eigenvalue weighted by Crippen LogP contribution is 2.15. The Morgan fingerprint density at radius 3 is 2.20 bits per heavy atom. The van der Waals surface area contributed by atoms with Crippen LogP contribution in [0, 0.1) is 6.42 Å². The molecule has 0 fully saturated rings. The average Bonchev–Trinajstić information content (AvgIpc) is 2.59. The average molecular weight is 360 g/mol. The Kier molecular flexibility index (Phi) is 12.8. The lowest BCUT2D eigenvalue weighted by Gasteiger charge is -2.22. The fraction of sp³-hybridized carbons (Fsp3) is 0.682. The molecule has 2 nitrogen and oxygen atoms in total. The van der Waals surface area contributed by atoms with Gasteiger partial charge >= 0.3 is 0 Å². The van der Waals surface area contributed by atoms with E-state index in [-0.39, 0.29) is 0 Å². The van der Waals surface area contributed by atoms with Crippen LogP contribution >= 0.6 is 0 Å². The van der Waals surface area contributed by atoms with Crippen LogP contribution < -0.4 is 5.32 Å². The number of nitrogens with zero attached hydrogens (tertiary/aromatic N) is 1. The predicted molar refractivity (Wildman–Crippen MR) is 113 cm³/mol. The molecule has 0 saturated heterocycles. The number of hydrogen-bond donors (Lipinski definition) is 1. The number of nitrogens with one attached hydrogen (secondary N) is 1. The summed E-state index contributed by atoms with van der Waals surface area (Å²) in [7, 11) is 8.11. The van der Waals surface area contributed by atoms with Crippen molar-refractivity contribution in [1.29, 1.82) is 0 Å². The minimum absolute atomic E-state index is 0.978. The zero-order valence-electron chi connectivity index (χ0n) is 16.6. The first-order valence-corrected chi connectivity index (χ1v) is 10.9. The van der Waals surface area contributed by atoms with E-state index in [1.54, 1.807) is 0 Å². The summed E-state index contributed by atoms with van der Waals surface area (Å²) < 4.78 is 0.978. The minimum atomic E-state index is 0.978. The predicted octanol–water partition coefficient (Wildman–Crippen LogP) is 4.96. The summed E-state index contributed by atoms with van der Waals surface area (Å²) in [5.74, 6) is 0. The van der Waals surface area contributed by atoms with Gasteiger partial charge in [-0.25, -0.2) is 0 Å². The number of rotatable bonds is 15. The molecule has 0 bridgehead atoms. The van der Waals surface area contributed by atoms with Crippen LogP contribution in [0.1, 0.15) is 57.8 Å². The van der Waals surface area contributed by atoms with Crippen molar-refractivity contribution in [3.05, 3.63) is 42.5 Å². The molecule has 3 radical (unpaired) electrons. The van der Waals surface area contributed by atoms with Gasteiger partial charge in [0, 0.05) is 41.0 Å². The minimum Gasteiger partial charge on any atom is -0.317 e. The number of unbranched alkanes of at least 4 members (excludes halogenated alkanes) is 7. The molecule has 0 amide bonds. The lowest BCUT2D eigenvalue weighted by molar-refractivity contribution is -0.839.